The van der Waals surface area contributed by atoms with Crippen LogP contribution in [0.15, 0.2) is 6.20 Å². The van der Waals surface area contributed by atoms with Crippen molar-refractivity contribution in [1.82, 2.24) is 10.2 Å². The molecule has 0 radical (unpaired) electrons. The van der Waals surface area contributed by atoms with Gasteiger partial charge in [0.15, 0.2) is 0 Å². The first-order valence-corrected chi connectivity index (χ1v) is 4.00. The van der Waals surface area contributed by atoms with Gasteiger partial charge < -0.3 is 5.11 Å². The lowest BCUT2D eigenvalue weighted by atomic mass is 10.1. The van der Waals surface area contributed by atoms with Crippen molar-refractivity contribution in [2.24, 2.45) is 0 Å². The molecule has 70 valence electrons. The molecule has 0 aromatic carbocycles. The second kappa shape index (κ2) is 2.53. The minimum Gasteiger partial charge on any atom is -0.389 e. The van der Waals surface area contributed by atoms with E-state index in [0.29, 0.717) is 25.0 Å². The molecule has 0 aliphatic heterocycles. The maximum absolute atomic E-state index is 10.5. The Morgan fingerprint density at radius 3 is 3.00 bits per heavy atom. The lowest BCUT2D eigenvalue weighted by Gasteiger charge is -2.03. The van der Waals surface area contributed by atoms with Crippen molar-refractivity contribution in [3.63, 3.8) is 0 Å². The molecule has 1 fully saturated rings. The summed E-state index contributed by atoms with van der Waals surface area (Å²) in [5, 5.41) is 26.1. The summed E-state index contributed by atoms with van der Waals surface area (Å²) in [6.07, 6.45) is 2.89. The lowest BCUT2D eigenvalue weighted by Crippen LogP contribution is -2.12. The average molecular weight is 183 g/mol. The van der Waals surface area contributed by atoms with Gasteiger partial charge in [0.1, 0.15) is 11.9 Å². The van der Waals surface area contributed by atoms with Crippen molar-refractivity contribution in [3.05, 3.63) is 22.0 Å². The molecule has 1 aromatic rings. The zero-order valence-corrected chi connectivity index (χ0v) is 6.86. The summed E-state index contributed by atoms with van der Waals surface area (Å²) in [7, 11) is 0. The van der Waals surface area contributed by atoms with Gasteiger partial charge in [0.2, 0.25) is 0 Å². The van der Waals surface area contributed by atoms with Crippen LogP contribution < -0.4 is 0 Å². The molecule has 1 saturated carbocycles. The molecule has 13 heavy (non-hydrogen) atoms. The van der Waals surface area contributed by atoms with Crippen molar-refractivity contribution in [3.8, 4) is 0 Å². The molecule has 1 aliphatic rings. The minimum absolute atomic E-state index is 0.0414. The van der Waals surface area contributed by atoms with E-state index in [4.69, 9.17) is 0 Å². The predicted octanol–water partition coefficient (Wildman–Crippen LogP) is 0.385. The number of rotatable bonds is 3. The zero-order chi connectivity index (χ0) is 9.47. The van der Waals surface area contributed by atoms with E-state index in [-0.39, 0.29) is 5.69 Å². The second-order valence-electron chi connectivity index (χ2n) is 3.39. The van der Waals surface area contributed by atoms with Crippen molar-refractivity contribution < 1.29 is 10.0 Å². The molecule has 0 saturated heterocycles. The highest BCUT2D eigenvalue weighted by Crippen LogP contribution is 2.39. The molecule has 0 bridgehead atoms. The van der Waals surface area contributed by atoms with Crippen molar-refractivity contribution in [2.45, 2.75) is 24.9 Å². The molecule has 6 heteroatoms. The van der Waals surface area contributed by atoms with Gasteiger partial charge in [-0.05, 0) is 12.8 Å². The second-order valence-corrected chi connectivity index (χ2v) is 3.39. The molecular weight excluding hydrogens is 174 g/mol. The van der Waals surface area contributed by atoms with Crippen LogP contribution in [0.3, 0.4) is 0 Å². The number of aromatic nitrogens is 2. The number of nitrogens with one attached hydrogen (secondary N) is 1. The molecule has 2 N–H and O–H groups in total. The Bertz CT molecular complexity index is 343. The van der Waals surface area contributed by atoms with Crippen molar-refractivity contribution >= 4 is 5.69 Å². The SMILES string of the molecule is O=[N+]([O-])c1cn[nH]c1CC1(O)CC1. The topological polar surface area (TPSA) is 92.0 Å². The first kappa shape index (κ1) is 8.18. The molecule has 2 rings (SSSR count). The number of aliphatic hydroxyl groups is 1. The summed E-state index contributed by atoms with van der Waals surface area (Å²) in [6, 6.07) is 0. The summed E-state index contributed by atoms with van der Waals surface area (Å²) >= 11 is 0. The summed E-state index contributed by atoms with van der Waals surface area (Å²) in [6.45, 7) is 0. The fourth-order valence-electron chi connectivity index (χ4n) is 1.24. The predicted molar refractivity (Wildman–Crippen MR) is 43.1 cm³/mol. The molecule has 1 aromatic heterocycles. The average Bonchev–Trinajstić information content (AvgIpc) is 2.63. The quantitative estimate of drug-likeness (QED) is 0.523. The number of H-pyrrole nitrogens is 1. The number of nitro groups is 1. The maximum Gasteiger partial charge on any atom is 0.309 e. The van der Waals surface area contributed by atoms with Gasteiger partial charge in [-0.1, -0.05) is 0 Å². The van der Waals surface area contributed by atoms with Crippen LogP contribution in [-0.2, 0) is 6.42 Å². The Morgan fingerprint density at radius 1 is 1.77 bits per heavy atom. The number of hydrogen-bond donors (Lipinski definition) is 2. The highest BCUT2D eigenvalue weighted by Gasteiger charge is 2.42. The molecular formula is C7H9N3O3. The highest BCUT2D eigenvalue weighted by atomic mass is 16.6. The summed E-state index contributed by atoms with van der Waals surface area (Å²) in [5.74, 6) is 0. The van der Waals surface area contributed by atoms with Crippen LogP contribution in [0.25, 0.3) is 0 Å². The monoisotopic (exact) mass is 183 g/mol. The van der Waals surface area contributed by atoms with E-state index >= 15 is 0 Å². The van der Waals surface area contributed by atoms with E-state index in [9.17, 15) is 15.2 Å². The van der Waals surface area contributed by atoms with Crippen LogP contribution >= 0.6 is 0 Å². The first-order chi connectivity index (χ1) is 6.11. The molecule has 0 spiro atoms. The Hall–Kier alpha value is -1.43. The third-order valence-electron chi connectivity index (χ3n) is 2.23. The molecule has 1 heterocycles. The standard InChI is InChI=1S/C7H9N3O3/c11-7(1-2-7)3-5-6(10(12)13)4-8-9-5/h4,11H,1-3H2,(H,8,9). The summed E-state index contributed by atoms with van der Waals surface area (Å²) in [4.78, 5) is 9.96. The van der Waals surface area contributed by atoms with E-state index in [1.165, 1.54) is 6.20 Å². The third-order valence-corrected chi connectivity index (χ3v) is 2.23. The number of aromatic amines is 1. The van der Waals surface area contributed by atoms with E-state index in [0.717, 1.165) is 0 Å². The Balaban J connectivity index is 2.19. The number of hydrogen-bond acceptors (Lipinski definition) is 4. The summed E-state index contributed by atoms with van der Waals surface area (Å²) in [5.41, 5.74) is -0.359. The smallest absolute Gasteiger partial charge is 0.309 e. The van der Waals surface area contributed by atoms with Crippen LogP contribution in [-0.4, -0.2) is 25.8 Å². The van der Waals surface area contributed by atoms with Gasteiger partial charge in [-0.25, -0.2) is 0 Å². The van der Waals surface area contributed by atoms with Gasteiger partial charge in [0.05, 0.1) is 10.5 Å². The highest BCUT2D eigenvalue weighted by molar-refractivity contribution is 5.33. The largest absolute Gasteiger partial charge is 0.389 e. The van der Waals surface area contributed by atoms with Crippen LogP contribution in [0, 0.1) is 10.1 Å². The van der Waals surface area contributed by atoms with Crippen LogP contribution in [0.5, 0.6) is 0 Å². The van der Waals surface area contributed by atoms with Gasteiger partial charge in [-0.15, -0.1) is 0 Å². The van der Waals surface area contributed by atoms with E-state index in [1.54, 1.807) is 0 Å². The Morgan fingerprint density at radius 2 is 2.46 bits per heavy atom. The van der Waals surface area contributed by atoms with E-state index in [1.807, 2.05) is 0 Å². The normalized spacial score (nSPS) is 18.5. The zero-order valence-electron chi connectivity index (χ0n) is 6.86. The lowest BCUT2D eigenvalue weighted by molar-refractivity contribution is -0.385. The van der Waals surface area contributed by atoms with Crippen LogP contribution in [0.4, 0.5) is 5.69 Å². The fraction of sp³-hybridized carbons (Fsp3) is 0.571. The Labute approximate surface area is 73.7 Å². The van der Waals surface area contributed by atoms with E-state index in [2.05, 4.69) is 10.2 Å². The Kier molecular flexibility index (Phi) is 1.59. The van der Waals surface area contributed by atoms with Crippen molar-refractivity contribution in [2.75, 3.05) is 0 Å². The maximum atomic E-state index is 10.5. The fourth-order valence-corrected chi connectivity index (χ4v) is 1.24. The number of nitrogens with zero attached hydrogens (tertiary/aromatic N) is 2. The molecule has 0 atom stereocenters. The first-order valence-electron chi connectivity index (χ1n) is 4.00. The molecule has 0 unspecified atom stereocenters. The van der Waals surface area contributed by atoms with Gasteiger partial charge in [0.25, 0.3) is 0 Å². The van der Waals surface area contributed by atoms with Crippen LogP contribution in [0.1, 0.15) is 18.5 Å². The summed E-state index contributed by atoms with van der Waals surface area (Å²) < 4.78 is 0. The van der Waals surface area contributed by atoms with Gasteiger partial charge in [-0.3, -0.25) is 15.2 Å². The molecule has 6 nitrogen and oxygen atoms in total. The van der Waals surface area contributed by atoms with Gasteiger partial charge in [-0.2, -0.15) is 5.10 Å². The van der Waals surface area contributed by atoms with Gasteiger partial charge >= 0.3 is 5.69 Å². The molecule has 0 amide bonds. The van der Waals surface area contributed by atoms with E-state index < -0.39 is 10.5 Å². The molecule has 1 aliphatic carbocycles. The van der Waals surface area contributed by atoms with Crippen molar-refractivity contribution in [1.29, 1.82) is 0 Å². The third kappa shape index (κ3) is 1.52. The van der Waals surface area contributed by atoms with Crippen LogP contribution in [0.2, 0.25) is 0 Å². The van der Waals surface area contributed by atoms with Gasteiger partial charge in [0, 0.05) is 6.42 Å². The minimum atomic E-state index is -0.725.